The van der Waals surface area contributed by atoms with Crippen molar-refractivity contribution in [2.45, 2.75) is 38.0 Å². The van der Waals surface area contributed by atoms with E-state index in [4.69, 9.17) is 4.74 Å². The van der Waals surface area contributed by atoms with E-state index in [9.17, 15) is 13.2 Å². The molecule has 10 heteroatoms. The van der Waals surface area contributed by atoms with Gasteiger partial charge in [0.2, 0.25) is 10.0 Å². The summed E-state index contributed by atoms with van der Waals surface area (Å²) in [4.78, 5) is 17.7. The standard InChI is InChI=1S/C22H27N5O4S/c1-14-12-17(20-15(2)25-26(3)21(20)23-14)22(28)24-16-8-9-18(31-4)19(13-16)32(29,30)27-10-6-5-7-11-27/h8-9,12-13H,5-7,10-11H2,1-4H3,(H,24,28). The van der Waals surface area contributed by atoms with Gasteiger partial charge in [0.15, 0.2) is 5.65 Å². The van der Waals surface area contributed by atoms with Crippen molar-refractivity contribution in [3.63, 3.8) is 0 Å². The molecule has 32 heavy (non-hydrogen) atoms. The molecule has 1 aromatic carbocycles. The summed E-state index contributed by atoms with van der Waals surface area (Å²) in [6.07, 6.45) is 2.69. The number of aryl methyl sites for hydroxylation is 3. The second kappa shape index (κ2) is 8.51. The van der Waals surface area contributed by atoms with Crippen LogP contribution in [0, 0.1) is 13.8 Å². The lowest BCUT2D eigenvalue weighted by molar-refractivity contribution is 0.102. The number of nitrogens with zero attached hydrogens (tertiary/aromatic N) is 4. The minimum atomic E-state index is -3.74. The third-order valence-electron chi connectivity index (χ3n) is 5.70. The van der Waals surface area contributed by atoms with E-state index in [-0.39, 0.29) is 16.6 Å². The van der Waals surface area contributed by atoms with E-state index < -0.39 is 10.0 Å². The van der Waals surface area contributed by atoms with Crippen molar-refractivity contribution in [1.82, 2.24) is 19.1 Å². The van der Waals surface area contributed by atoms with Crippen LogP contribution in [0.3, 0.4) is 0 Å². The molecule has 170 valence electrons. The van der Waals surface area contributed by atoms with Gasteiger partial charge < -0.3 is 10.1 Å². The first-order valence-corrected chi connectivity index (χ1v) is 12.0. The number of amides is 1. The molecular weight excluding hydrogens is 430 g/mol. The lowest BCUT2D eigenvalue weighted by atomic mass is 10.1. The molecule has 1 N–H and O–H groups in total. The molecule has 0 aliphatic carbocycles. The van der Waals surface area contributed by atoms with Gasteiger partial charge in [-0.25, -0.2) is 13.4 Å². The molecule has 1 amide bonds. The van der Waals surface area contributed by atoms with Crippen molar-refractivity contribution < 1.29 is 17.9 Å². The second-order valence-corrected chi connectivity index (χ2v) is 9.91. The number of carbonyl (C=O) groups excluding carboxylic acids is 1. The molecule has 0 saturated carbocycles. The van der Waals surface area contributed by atoms with Gasteiger partial charge in [0.05, 0.1) is 23.8 Å². The molecule has 2 aromatic heterocycles. The number of methoxy groups -OCH3 is 1. The summed E-state index contributed by atoms with van der Waals surface area (Å²) in [6.45, 7) is 4.61. The van der Waals surface area contributed by atoms with E-state index in [1.165, 1.54) is 17.5 Å². The lowest BCUT2D eigenvalue weighted by Crippen LogP contribution is -2.35. The molecule has 0 unspecified atom stereocenters. The van der Waals surface area contributed by atoms with Gasteiger partial charge in [0.1, 0.15) is 10.6 Å². The van der Waals surface area contributed by atoms with Gasteiger partial charge in [-0.05, 0) is 51.0 Å². The Morgan fingerprint density at radius 2 is 1.84 bits per heavy atom. The first kappa shape index (κ1) is 22.2. The lowest BCUT2D eigenvalue weighted by Gasteiger charge is -2.26. The highest BCUT2D eigenvalue weighted by Gasteiger charge is 2.29. The zero-order valence-corrected chi connectivity index (χ0v) is 19.5. The van der Waals surface area contributed by atoms with E-state index in [0.29, 0.717) is 46.8 Å². The van der Waals surface area contributed by atoms with Crippen molar-refractivity contribution in [1.29, 1.82) is 0 Å². The van der Waals surface area contributed by atoms with E-state index in [2.05, 4.69) is 15.4 Å². The van der Waals surface area contributed by atoms with E-state index in [0.717, 1.165) is 19.3 Å². The van der Waals surface area contributed by atoms with Crippen LogP contribution >= 0.6 is 0 Å². The summed E-state index contributed by atoms with van der Waals surface area (Å²) in [5.41, 5.74) is 2.82. The van der Waals surface area contributed by atoms with Gasteiger partial charge >= 0.3 is 0 Å². The first-order chi connectivity index (χ1) is 15.2. The van der Waals surface area contributed by atoms with E-state index in [1.54, 1.807) is 29.9 Å². The molecule has 0 bridgehead atoms. The van der Waals surface area contributed by atoms with Crippen molar-refractivity contribution in [3.8, 4) is 5.75 Å². The Kier molecular flexibility index (Phi) is 5.91. The number of hydrogen-bond acceptors (Lipinski definition) is 6. The fraction of sp³-hybridized carbons (Fsp3) is 0.409. The molecule has 0 radical (unpaired) electrons. The normalized spacial score (nSPS) is 15.1. The maximum Gasteiger partial charge on any atom is 0.256 e. The van der Waals surface area contributed by atoms with Crippen LogP contribution in [-0.4, -0.2) is 53.6 Å². The predicted molar refractivity (Wildman–Crippen MR) is 122 cm³/mol. The minimum Gasteiger partial charge on any atom is -0.495 e. The Balaban J connectivity index is 1.71. The van der Waals surface area contributed by atoms with Gasteiger partial charge in [0.25, 0.3) is 5.91 Å². The highest BCUT2D eigenvalue weighted by atomic mass is 32.2. The number of pyridine rings is 1. The number of sulfonamides is 1. The number of piperidine rings is 1. The molecule has 1 aliphatic heterocycles. The Bertz CT molecular complexity index is 1290. The molecule has 3 aromatic rings. The number of anilines is 1. The zero-order valence-electron chi connectivity index (χ0n) is 18.7. The zero-order chi connectivity index (χ0) is 23.0. The molecule has 1 aliphatic rings. The summed E-state index contributed by atoms with van der Waals surface area (Å²) < 4.78 is 35.0. The number of aromatic nitrogens is 3. The van der Waals surface area contributed by atoms with Gasteiger partial charge in [-0.3, -0.25) is 9.48 Å². The summed E-state index contributed by atoms with van der Waals surface area (Å²) in [5, 5.41) is 7.89. The molecule has 4 rings (SSSR count). The fourth-order valence-corrected chi connectivity index (χ4v) is 5.85. The minimum absolute atomic E-state index is 0.0494. The topological polar surface area (TPSA) is 106 Å². The number of fused-ring (bicyclic) bond motifs is 1. The molecule has 0 spiro atoms. The maximum absolute atomic E-state index is 13.3. The molecule has 3 heterocycles. The van der Waals surface area contributed by atoms with Crippen molar-refractivity contribution >= 4 is 32.7 Å². The number of rotatable bonds is 5. The smallest absolute Gasteiger partial charge is 0.256 e. The van der Waals surface area contributed by atoms with Crippen molar-refractivity contribution in [2.24, 2.45) is 7.05 Å². The predicted octanol–water partition coefficient (Wildman–Crippen LogP) is 3.02. The van der Waals surface area contributed by atoms with Gasteiger partial charge in [0, 0.05) is 31.5 Å². The highest BCUT2D eigenvalue weighted by molar-refractivity contribution is 7.89. The molecular formula is C22H27N5O4S. The second-order valence-electron chi connectivity index (χ2n) is 8.00. The van der Waals surface area contributed by atoms with Crippen molar-refractivity contribution in [2.75, 3.05) is 25.5 Å². The van der Waals surface area contributed by atoms with Crippen LogP contribution in [0.15, 0.2) is 29.2 Å². The van der Waals surface area contributed by atoms with E-state index >= 15 is 0 Å². The third kappa shape index (κ3) is 3.95. The Morgan fingerprint density at radius 1 is 1.12 bits per heavy atom. The number of hydrogen-bond donors (Lipinski definition) is 1. The average Bonchev–Trinajstić information content (AvgIpc) is 3.06. The third-order valence-corrected chi connectivity index (χ3v) is 7.62. The number of benzene rings is 1. The fourth-order valence-electron chi connectivity index (χ4n) is 4.15. The quantitative estimate of drug-likeness (QED) is 0.631. The Labute approximate surface area is 187 Å². The summed E-state index contributed by atoms with van der Waals surface area (Å²) in [5.74, 6) is -0.109. The summed E-state index contributed by atoms with van der Waals surface area (Å²) in [7, 11) is -0.521. The Morgan fingerprint density at radius 3 is 2.53 bits per heavy atom. The van der Waals surface area contributed by atoms with Crippen LogP contribution in [0.5, 0.6) is 5.75 Å². The van der Waals surface area contributed by atoms with Crippen LogP contribution in [0.2, 0.25) is 0 Å². The van der Waals surface area contributed by atoms with Gasteiger partial charge in [-0.2, -0.15) is 9.40 Å². The largest absolute Gasteiger partial charge is 0.495 e. The van der Waals surface area contributed by atoms with Gasteiger partial charge in [-0.15, -0.1) is 0 Å². The van der Waals surface area contributed by atoms with Crippen LogP contribution in [0.25, 0.3) is 11.0 Å². The SMILES string of the molecule is COc1ccc(NC(=O)c2cc(C)nc3c2c(C)nn3C)cc1S(=O)(=O)N1CCCCC1. The van der Waals surface area contributed by atoms with Crippen LogP contribution in [0.4, 0.5) is 5.69 Å². The van der Waals surface area contributed by atoms with Crippen molar-refractivity contribution in [3.05, 3.63) is 41.2 Å². The van der Waals surface area contributed by atoms with Crippen LogP contribution < -0.4 is 10.1 Å². The average molecular weight is 458 g/mol. The van der Waals surface area contributed by atoms with E-state index in [1.807, 2.05) is 13.8 Å². The molecule has 1 fully saturated rings. The number of nitrogens with one attached hydrogen (secondary N) is 1. The van der Waals surface area contributed by atoms with Gasteiger partial charge in [-0.1, -0.05) is 6.42 Å². The molecule has 9 nitrogen and oxygen atoms in total. The number of ether oxygens (including phenoxy) is 1. The summed E-state index contributed by atoms with van der Waals surface area (Å²) in [6, 6.07) is 6.37. The first-order valence-electron chi connectivity index (χ1n) is 10.5. The molecule has 1 saturated heterocycles. The Hall–Kier alpha value is -2.98. The van der Waals surface area contributed by atoms with Crippen LogP contribution in [0.1, 0.15) is 41.0 Å². The monoisotopic (exact) mass is 457 g/mol. The maximum atomic E-state index is 13.3. The highest BCUT2D eigenvalue weighted by Crippen LogP contribution is 2.31. The molecule has 0 atom stereocenters. The van der Waals surface area contributed by atoms with Crippen LogP contribution in [-0.2, 0) is 17.1 Å². The number of carbonyl (C=O) groups is 1. The summed E-state index contributed by atoms with van der Waals surface area (Å²) >= 11 is 0.